The van der Waals surface area contributed by atoms with E-state index < -0.39 is 0 Å². The van der Waals surface area contributed by atoms with Crippen LogP contribution in [0.5, 0.6) is 0 Å². The van der Waals surface area contributed by atoms with Crippen molar-refractivity contribution in [3.05, 3.63) is 41.1 Å². The molecule has 7 nitrogen and oxygen atoms in total. The minimum Gasteiger partial charge on any atom is -0.380 e. The molecule has 2 aromatic rings. The molecule has 1 aromatic carbocycles. The number of hydrogen-bond donors (Lipinski definition) is 2. The zero-order valence-electron chi connectivity index (χ0n) is 10.4. The van der Waals surface area contributed by atoms with E-state index in [1.807, 2.05) is 24.3 Å². The molecule has 2 rings (SSSR count). The number of benzene rings is 1. The lowest BCUT2D eigenvalue weighted by atomic mass is 10.1. The van der Waals surface area contributed by atoms with Crippen LogP contribution in [0.2, 0.25) is 0 Å². The number of rotatable bonds is 4. The van der Waals surface area contributed by atoms with E-state index >= 15 is 0 Å². The fourth-order valence-corrected chi connectivity index (χ4v) is 1.42. The Bertz CT molecular complexity index is 599. The van der Waals surface area contributed by atoms with Crippen molar-refractivity contribution < 1.29 is 4.63 Å². The van der Waals surface area contributed by atoms with Crippen molar-refractivity contribution in [3.63, 3.8) is 0 Å². The summed E-state index contributed by atoms with van der Waals surface area (Å²) in [4.78, 5) is 0. The largest absolute Gasteiger partial charge is 0.380 e. The van der Waals surface area contributed by atoms with Gasteiger partial charge in [-0.15, -0.1) is 5.10 Å². The standard InChI is InChI=1S/C12H14N6O/c1-2-8-3-5-9(6-4-8)7-15-16-11(13)10-12(14)18-19-17-10/h3-7H,2H2,1H3,(H2,13,16)(H2,14,18)/b15-7-. The zero-order valence-corrected chi connectivity index (χ0v) is 10.4. The SMILES string of the molecule is CCc1ccc(/C=N\N=C(\N)c2nonc2N)cc1. The number of nitrogens with zero attached hydrogens (tertiary/aromatic N) is 4. The van der Waals surface area contributed by atoms with E-state index in [1.54, 1.807) is 6.21 Å². The molecule has 98 valence electrons. The summed E-state index contributed by atoms with van der Waals surface area (Å²) in [5.41, 5.74) is 13.5. The Kier molecular flexibility index (Phi) is 3.87. The molecule has 4 N–H and O–H groups in total. The first-order valence-corrected chi connectivity index (χ1v) is 5.74. The molecule has 0 aliphatic heterocycles. The minimum absolute atomic E-state index is 0.0557. The lowest BCUT2D eigenvalue weighted by molar-refractivity contribution is 0.308. The summed E-state index contributed by atoms with van der Waals surface area (Å²) in [6.45, 7) is 2.10. The van der Waals surface area contributed by atoms with E-state index in [9.17, 15) is 0 Å². The van der Waals surface area contributed by atoms with Crippen LogP contribution in [0.1, 0.15) is 23.7 Å². The predicted octanol–water partition coefficient (Wildman–Crippen LogP) is 0.954. The highest BCUT2D eigenvalue weighted by Gasteiger charge is 2.09. The van der Waals surface area contributed by atoms with Gasteiger partial charge in [-0.2, -0.15) is 5.10 Å². The number of nitrogens with two attached hydrogens (primary N) is 2. The second-order valence-corrected chi connectivity index (χ2v) is 3.82. The molecule has 0 atom stereocenters. The highest BCUT2D eigenvalue weighted by atomic mass is 16.6. The number of aryl methyl sites for hydroxylation is 1. The number of aromatic nitrogens is 2. The maximum Gasteiger partial charge on any atom is 0.199 e. The topological polar surface area (TPSA) is 116 Å². The van der Waals surface area contributed by atoms with Gasteiger partial charge in [0.2, 0.25) is 0 Å². The second kappa shape index (κ2) is 5.76. The molecule has 1 aromatic heterocycles. The van der Waals surface area contributed by atoms with Crippen molar-refractivity contribution >= 4 is 17.9 Å². The Morgan fingerprint density at radius 1 is 1.32 bits per heavy atom. The smallest absolute Gasteiger partial charge is 0.199 e. The van der Waals surface area contributed by atoms with Gasteiger partial charge in [0.25, 0.3) is 0 Å². The van der Waals surface area contributed by atoms with Crippen molar-refractivity contribution in [1.29, 1.82) is 0 Å². The third kappa shape index (κ3) is 3.15. The van der Waals surface area contributed by atoms with Gasteiger partial charge in [0.05, 0.1) is 6.21 Å². The summed E-state index contributed by atoms with van der Waals surface area (Å²) in [6, 6.07) is 7.99. The van der Waals surface area contributed by atoms with Gasteiger partial charge in [-0.25, -0.2) is 4.63 Å². The Labute approximate surface area is 110 Å². The van der Waals surface area contributed by atoms with Gasteiger partial charge in [-0.1, -0.05) is 31.2 Å². The van der Waals surface area contributed by atoms with Crippen LogP contribution in [0.25, 0.3) is 0 Å². The van der Waals surface area contributed by atoms with E-state index in [0.29, 0.717) is 0 Å². The summed E-state index contributed by atoms with van der Waals surface area (Å²) >= 11 is 0. The molecule has 0 radical (unpaired) electrons. The van der Waals surface area contributed by atoms with Crippen molar-refractivity contribution in [2.45, 2.75) is 13.3 Å². The van der Waals surface area contributed by atoms with Gasteiger partial charge in [0.1, 0.15) is 0 Å². The van der Waals surface area contributed by atoms with Gasteiger partial charge in [-0.05, 0) is 27.9 Å². The van der Waals surface area contributed by atoms with E-state index in [2.05, 4.69) is 32.1 Å². The van der Waals surface area contributed by atoms with Crippen LogP contribution in [-0.4, -0.2) is 22.4 Å². The Balaban J connectivity index is 2.08. The van der Waals surface area contributed by atoms with Crippen molar-refractivity contribution in [3.8, 4) is 0 Å². The Hall–Kier alpha value is -2.70. The summed E-state index contributed by atoms with van der Waals surface area (Å²) in [6.07, 6.45) is 2.59. The molecule has 0 fully saturated rings. The highest BCUT2D eigenvalue weighted by Crippen LogP contribution is 2.04. The van der Waals surface area contributed by atoms with E-state index in [-0.39, 0.29) is 17.3 Å². The van der Waals surface area contributed by atoms with Gasteiger partial charge < -0.3 is 11.5 Å². The van der Waals surface area contributed by atoms with Gasteiger partial charge >= 0.3 is 0 Å². The summed E-state index contributed by atoms with van der Waals surface area (Å²) in [7, 11) is 0. The van der Waals surface area contributed by atoms with E-state index in [0.717, 1.165) is 12.0 Å². The first kappa shape index (κ1) is 12.7. The van der Waals surface area contributed by atoms with Crippen molar-refractivity contribution in [2.75, 3.05) is 5.73 Å². The third-order valence-corrected chi connectivity index (χ3v) is 2.52. The van der Waals surface area contributed by atoms with Gasteiger partial charge in [-0.3, -0.25) is 0 Å². The fourth-order valence-electron chi connectivity index (χ4n) is 1.42. The van der Waals surface area contributed by atoms with Crippen molar-refractivity contribution in [1.82, 2.24) is 10.3 Å². The number of amidine groups is 1. The molecular formula is C12H14N6O. The molecule has 0 aliphatic rings. The molecule has 0 saturated heterocycles. The first-order valence-electron chi connectivity index (χ1n) is 5.74. The van der Waals surface area contributed by atoms with Crippen LogP contribution in [-0.2, 0) is 6.42 Å². The average molecular weight is 258 g/mol. The lowest BCUT2D eigenvalue weighted by Crippen LogP contribution is -2.15. The molecule has 19 heavy (non-hydrogen) atoms. The van der Waals surface area contributed by atoms with Crippen molar-refractivity contribution in [2.24, 2.45) is 15.9 Å². The monoisotopic (exact) mass is 258 g/mol. The third-order valence-electron chi connectivity index (χ3n) is 2.52. The van der Waals surface area contributed by atoms with Gasteiger partial charge in [0, 0.05) is 0 Å². The molecular weight excluding hydrogens is 244 g/mol. The van der Waals surface area contributed by atoms with Crippen LogP contribution in [0.15, 0.2) is 39.1 Å². The summed E-state index contributed by atoms with van der Waals surface area (Å²) < 4.78 is 4.42. The van der Waals surface area contributed by atoms with Crippen LogP contribution >= 0.6 is 0 Å². The summed E-state index contributed by atoms with van der Waals surface area (Å²) in [5, 5.41) is 14.6. The average Bonchev–Trinajstić information content (AvgIpc) is 2.86. The number of hydrogen-bond acceptors (Lipinski definition) is 6. The molecule has 0 unspecified atom stereocenters. The number of nitrogen functional groups attached to an aromatic ring is 1. The predicted molar refractivity (Wildman–Crippen MR) is 72.8 cm³/mol. The van der Waals surface area contributed by atoms with Crippen LogP contribution < -0.4 is 11.5 Å². The molecule has 7 heteroatoms. The Morgan fingerprint density at radius 3 is 2.63 bits per heavy atom. The quantitative estimate of drug-likeness (QED) is 0.481. The molecule has 0 amide bonds. The lowest BCUT2D eigenvalue weighted by Gasteiger charge is -1.96. The maximum absolute atomic E-state index is 5.64. The molecule has 0 aliphatic carbocycles. The maximum atomic E-state index is 5.64. The van der Waals surface area contributed by atoms with E-state index in [1.165, 1.54) is 5.56 Å². The number of anilines is 1. The zero-order chi connectivity index (χ0) is 13.7. The minimum atomic E-state index is 0.0557. The molecule has 0 spiro atoms. The highest BCUT2D eigenvalue weighted by molar-refractivity contribution is 5.99. The van der Waals surface area contributed by atoms with E-state index in [4.69, 9.17) is 11.5 Å². The molecule has 0 bridgehead atoms. The summed E-state index contributed by atoms with van der Waals surface area (Å²) in [5.74, 6) is 0.143. The second-order valence-electron chi connectivity index (χ2n) is 3.82. The van der Waals surface area contributed by atoms with Gasteiger partial charge in [0.15, 0.2) is 17.3 Å². The van der Waals surface area contributed by atoms with Crippen LogP contribution in [0, 0.1) is 0 Å². The normalized spacial score (nSPS) is 12.2. The Morgan fingerprint density at radius 2 is 2.05 bits per heavy atom. The first-order chi connectivity index (χ1) is 9.20. The molecule has 0 saturated carbocycles. The van der Waals surface area contributed by atoms with Crippen LogP contribution in [0.3, 0.4) is 0 Å². The molecule has 1 heterocycles. The fraction of sp³-hybridized carbons (Fsp3) is 0.167. The van der Waals surface area contributed by atoms with Crippen LogP contribution in [0.4, 0.5) is 5.82 Å².